The molecule has 1 fully saturated rings. The molecular weight excluding hydrogens is 440 g/mol. The van der Waals surface area contributed by atoms with Gasteiger partial charge in [0, 0.05) is 17.3 Å². The minimum Gasteiger partial charge on any atom is -0.374 e. The smallest absolute Gasteiger partial charge is 0.0854 e. The van der Waals surface area contributed by atoms with Gasteiger partial charge in [-0.05, 0) is 28.8 Å². The Bertz CT molecular complexity index is 883. The largest absolute Gasteiger partial charge is 0.374 e. The van der Waals surface area contributed by atoms with Crippen LogP contribution >= 0.6 is 15.9 Å². The number of hydrogen-bond acceptors (Lipinski definition) is 3. The predicted octanol–water partition coefficient (Wildman–Crippen LogP) is 6.47. The Kier molecular flexibility index (Phi) is 7.70. The summed E-state index contributed by atoms with van der Waals surface area (Å²) in [5, 5.41) is 0. The zero-order valence-electron chi connectivity index (χ0n) is 17.0. The number of rotatable bonds is 8. The summed E-state index contributed by atoms with van der Waals surface area (Å²) >= 11 is 3.51. The maximum Gasteiger partial charge on any atom is 0.0854 e. The summed E-state index contributed by atoms with van der Waals surface area (Å²) in [5.41, 5.74) is 3.55. The average Bonchev–Trinajstić information content (AvgIpc) is 2.79. The first-order valence-corrected chi connectivity index (χ1v) is 11.2. The number of hydrogen-bond donors (Lipinski definition) is 0. The highest BCUT2D eigenvalue weighted by molar-refractivity contribution is 9.10. The highest BCUT2D eigenvalue weighted by Gasteiger charge is 2.31. The van der Waals surface area contributed by atoms with E-state index in [1.165, 1.54) is 16.7 Å². The summed E-state index contributed by atoms with van der Waals surface area (Å²) < 4.78 is 19.8. The summed E-state index contributed by atoms with van der Waals surface area (Å²) in [5.74, 6) is 0. The number of ether oxygens (including phenoxy) is 3. The summed E-state index contributed by atoms with van der Waals surface area (Å²) in [7, 11) is 0. The molecule has 0 N–H and O–H groups in total. The van der Waals surface area contributed by atoms with Crippen LogP contribution in [0.3, 0.4) is 0 Å². The molecule has 0 saturated carbocycles. The molecule has 0 bridgehead atoms. The minimum absolute atomic E-state index is 0.0110. The van der Waals surface area contributed by atoms with Crippen LogP contribution in [0.1, 0.15) is 35.6 Å². The highest BCUT2D eigenvalue weighted by atomic mass is 79.9. The normalized spacial score (nSPS) is 21.4. The van der Waals surface area contributed by atoms with Crippen molar-refractivity contribution >= 4 is 15.9 Å². The lowest BCUT2D eigenvalue weighted by molar-refractivity contribution is -0.142. The van der Waals surface area contributed by atoms with E-state index in [1.54, 1.807) is 0 Å². The van der Waals surface area contributed by atoms with Gasteiger partial charge in [-0.25, -0.2) is 0 Å². The van der Waals surface area contributed by atoms with E-state index in [-0.39, 0.29) is 18.3 Å². The van der Waals surface area contributed by atoms with E-state index in [1.807, 2.05) is 36.4 Å². The Labute approximate surface area is 187 Å². The molecule has 1 aliphatic rings. The van der Waals surface area contributed by atoms with E-state index < -0.39 is 0 Å². The third kappa shape index (κ3) is 6.26. The van der Waals surface area contributed by atoms with Crippen LogP contribution in [0.25, 0.3) is 0 Å². The zero-order chi connectivity index (χ0) is 20.6. The molecule has 4 rings (SSSR count). The third-order valence-corrected chi connectivity index (χ3v) is 5.87. The fourth-order valence-corrected chi connectivity index (χ4v) is 4.04. The first-order chi connectivity index (χ1) is 14.8. The van der Waals surface area contributed by atoms with E-state index in [0.29, 0.717) is 19.8 Å². The van der Waals surface area contributed by atoms with Crippen molar-refractivity contribution in [2.24, 2.45) is 0 Å². The second kappa shape index (κ2) is 10.9. The SMILES string of the molecule is Brc1ccc(C2CC(OCc3ccccc3)CC(COCc3ccccc3)O2)cc1. The summed E-state index contributed by atoms with van der Waals surface area (Å²) in [6.45, 7) is 1.78. The van der Waals surface area contributed by atoms with Crippen molar-refractivity contribution in [2.75, 3.05) is 6.61 Å². The second-order valence-corrected chi connectivity index (χ2v) is 8.60. The van der Waals surface area contributed by atoms with Crippen molar-refractivity contribution < 1.29 is 14.2 Å². The molecule has 3 atom stereocenters. The Morgan fingerprint density at radius 3 is 2.07 bits per heavy atom. The van der Waals surface area contributed by atoms with Crippen molar-refractivity contribution in [3.05, 3.63) is 106 Å². The molecule has 1 saturated heterocycles. The van der Waals surface area contributed by atoms with E-state index >= 15 is 0 Å². The molecule has 4 heteroatoms. The molecule has 0 radical (unpaired) electrons. The summed E-state index contributed by atoms with van der Waals surface area (Å²) in [6.07, 6.45) is 1.85. The fourth-order valence-electron chi connectivity index (χ4n) is 3.78. The van der Waals surface area contributed by atoms with Gasteiger partial charge in [0.2, 0.25) is 0 Å². The monoisotopic (exact) mass is 466 g/mol. The van der Waals surface area contributed by atoms with E-state index in [9.17, 15) is 0 Å². The molecular formula is C26H27BrO3. The van der Waals surface area contributed by atoms with Crippen LogP contribution in [0.4, 0.5) is 0 Å². The van der Waals surface area contributed by atoms with Gasteiger partial charge in [0.15, 0.2) is 0 Å². The molecule has 0 spiro atoms. The van der Waals surface area contributed by atoms with Gasteiger partial charge < -0.3 is 14.2 Å². The molecule has 3 nitrogen and oxygen atoms in total. The molecule has 3 unspecified atom stereocenters. The lowest BCUT2D eigenvalue weighted by atomic mass is 9.96. The van der Waals surface area contributed by atoms with Crippen molar-refractivity contribution in [1.82, 2.24) is 0 Å². The molecule has 0 aliphatic carbocycles. The Morgan fingerprint density at radius 1 is 0.767 bits per heavy atom. The lowest BCUT2D eigenvalue weighted by Gasteiger charge is -2.35. The molecule has 3 aromatic carbocycles. The van der Waals surface area contributed by atoms with Gasteiger partial charge in [-0.15, -0.1) is 0 Å². The molecule has 0 aromatic heterocycles. The molecule has 0 amide bonds. The van der Waals surface area contributed by atoms with Crippen LogP contribution in [0, 0.1) is 0 Å². The first kappa shape index (κ1) is 21.3. The maximum absolute atomic E-state index is 6.41. The van der Waals surface area contributed by atoms with Crippen LogP contribution in [-0.2, 0) is 27.4 Å². The molecule has 1 aliphatic heterocycles. The van der Waals surface area contributed by atoms with Crippen molar-refractivity contribution in [1.29, 1.82) is 0 Å². The minimum atomic E-state index is 0.0110. The average molecular weight is 467 g/mol. The van der Waals surface area contributed by atoms with E-state index in [4.69, 9.17) is 14.2 Å². The lowest BCUT2D eigenvalue weighted by Crippen LogP contribution is -2.35. The van der Waals surface area contributed by atoms with Gasteiger partial charge in [0.25, 0.3) is 0 Å². The summed E-state index contributed by atoms with van der Waals surface area (Å²) in [4.78, 5) is 0. The highest BCUT2D eigenvalue weighted by Crippen LogP contribution is 2.34. The zero-order valence-corrected chi connectivity index (χ0v) is 18.5. The van der Waals surface area contributed by atoms with Crippen LogP contribution in [0.2, 0.25) is 0 Å². The van der Waals surface area contributed by atoms with Crippen molar-refractivity contribution in [3.63, 3.8) is 0 Å². The van der Waals surface area contributed by atoms with Crippen LogP contribution in [0.15, 0.2) is 89.4 Å². The Balaban J connectivity index is 1.38. The van der Waals surface area contributed by atoms with Gasteiger partial charge >= 0.3 is 0 Å². The Hall–Kier alpha value is -1.98. The fraction of sp³-hybridized carbons (Fsp3) is 0.308. The van der Waals surface area contributed by atoms with Crippen molar-refractivity contribution in [2.45, 2.75) is 44.4 Å². The van der Waals surface area contributed by atoms with Gasteiger partial charge in [-0.3, -0.25) is 0 Å². The first-order valence-electron chi connectivity index (χ1n) is 10.4. The molecule has 156 valence electrons. The van der Waals surface area contributed by atoms with Gasteiger partial charge in [0.05, 0.1) is 38.1 Å². The third-order valence-electron chi connectivity index (χ3n) is 5.35. The van der Waals surface area contributed by atoms with Crippen molar-refractivity contribution in [3.8, 4) is 0 Å². The summed E-state index contributed by atoms with van der Waals surface area (Å²) in [6, 6.07) is 29.0. The predicted molar refractivity (Wildman–Crippen MR) is 122 cm³/mol. The van der Waals surface area contributed by atoms with E-state index in [0.717, 1.165) is 17.3 Å². The standard InChI is InChI=1S/C26H27BrO3/c27-23-13-11-22(12-14-23)26-16-24(29-18-21-9-5-2-6-10-21)15-25(30-26)19-28-17-20-7-3-1-4-8-20/h1-14,24-26H,15-19H2. The molecule has 1 heterocycles. The second-order valence-electron chi connectivity index (χ2n) is 7.69. The maximum atomic E-state index is 6.41. The van der Waals surface area contributed by atoms with Crippen LogP contribution < -0.4 is 0 Å². The van der Waals surface area contributed by atoms with Gasteiger partial charge in [-0.1, -0.05) is 88.7 Å². The molecule has 3 aromatic rings. The quantitative estimate of drug-likeness (QED) is 0.380. The van der Waals surface area contributed by atoms with Gasteiger partial charge in [0.1, 0.15) is 0 Å². The van der Waals surface area contributed by atoms with Crippen LogP contribution in [0.5, 0.6) is 0 Å². The van der Waals surface area contributed by atoms with Crippen LogP contribution in [-0.4, -0.2) is 18.8 Å². The van der Waals surface area contributed by atoms with Gasteiger partial charge in [-0.2, -0.15) is 0 Å². The molecule has 30 heavy (non-hydrogen) atoms. The topological polar surface area (TPSA) is 27.7 Å². The Morgan fingerprint density at radius 2 is 1.40 bits per heavy atom. The number of halogens is 1. The van der Waals surface area contributed by atoms with E-state index in [2.05, 4.69) is 64.5 Å². The number of benzene rings is 3.